The van der Waals surface area contributed by atoms with Gasteiger partial charge in [-0.1, -0.05) is 0 Å². The van der Waals surface area contributed by atoms with Gasteiger partial charge in [0, 0.05) is 34.4 Å². The van der Waals surface area contributed by atoms with Crippen LogP contribution < -0.4 is 9.47 Å². The van der Waals surface area contributed by atoms with Crippen LogP contribution in [-0.4, -0.2) is 47.8 Å². The number of Topliss-reactive ketones (excluding diaryl/α,β-unsaturated/α-hetero) is 1. The second-order valence-corrected chi connectivity index (χ2v) is 7.77. The molecular weight excluding hydrogens is 428 g/mol. The lowest BCUT2D eigenvalue weighted by Crippen LogP contribution is -2.16. The number of aryl methyl sites for hydroxylation is 2. The molecule has 3 aromatic rings. The third-order valence-electron chi connectivity index (χ3n) is 5.71. The van der Waals surface area contributed by atoms with Crippen LogP contribution in [0.4, 0.5) is 0 Å². The SMILES string of the molecule is COC(=O)c1c(C)[nH]c(C(=O)OCC(=O)c2cc(C)n(-c3ccc4c(c3)OCO4)c2C)c1C. The summed E-state index contributed by atoms with van der Waals surface area (Å²) in [6, 6.07) is 7.32. The average molecular weight is 452 g/mol. The van der Waals surface area contributed by atoms with Crippen LogP contribution in [0, 0.1) is 27.7 Å². The molecule has 3 heterocycles. The van der Waals surface area contributed by atoms with Crippen molar-refractivity contribution in [1.29, 1.82) is 0 Å². The lowest BCUT2D eigenvalue weighted by Gasteiger charge is -2.11. The number of nitrogens with zero attached hydrogens (tertiary/aromatic N) is 1. The summed E-state index contributed by atoms with van der Waals surface area (Å²) >= 11 is 0. The van der Waals surface area contributed by atoms with Crippen molar-refractivity contribution >= 4 is 17.7 Å². The van der Waals surface area contributed by atoms with E-state index < -0.39 is 18.5 Å². The zero-order chi connectivity index (χ0) is 23.9. The molecule has 9 nitrogen and oxygen atoms in total. The summed E-state index contributed by atoms with van der Waals surface area (Å²) in [5, 5.41) is 0. The molecule has 0 saturated carbocycles. The van der Waals surface area contributed by atoms with Gasteiger partial charge in [0.25, 0.3) is 0 Å². The molecule has 0 radical (unpaired) electrons. The van der Waals surface area contributed by atoms with Crippen molar-refractivity contribution in [2.75, 3.05) is 20.5 Å². The number of hydrogen-bond acceptors (Lipinski definition) is 7. The standard InChI is InChI=1S/C24H24N2O7/c1-12-8-17(15(4)26(12)16-6-7-19-20(9-16)33-11-32-19)18(27)10-31-24(29)22-13(2)21(14(3)25-22)23(28)30-5/h6-9,25H,10-11H2,1-5H3. The van der Waals surface area contributed by atoms with Crippen LogP contribution in [0.3, 0.4) is 0 Å². The first kappa shape index (κ1) is 22.2. The van der Waals surface area contributed by atoms with E-state index in [1.54, 1.807) is 19.9 Å². The largest absolute Gasteiger partial charge is 0.465 e. The summed E-state index contributed by atoms with van der Waals surface area (Å²) < 4.78 is 22.8. The molecule has 1 aliphatic rings. The van der Waals surface area contributed by atoms with Gasteiger partial charge < -0.3 is 28.5 Å². The molecule has 0 saturated heterocycles. The summed E-state index contributed by atoms with van der Waals surface area (Å²) in [7, 11) is 1.27. The molecule has 33 heavy (non-hydrogen) atoms. The van der Waals surface area contributed by atoms with Gasteiger partial charge in [0.05, 0.1) is 12.7 Å². The maximum absolute atomic E-state index is 12.9. The Kier molecular flexibility index (Phi) is 5.71. The van der Waals surface area contributed by atoms with Gasteiger partial charge in [-0.05, 0) is 51.5 Å². The number of hydrogen-bond donors (Lipinski definition) is 1. The number of methoxy groups -OCH3 is 1. The predicted molar refractivity (Wildman–Crippen MR) is 118 cm³/mol. The molecular formula is C24H24N2O7. The molecule has 1 aliphatic heterocycles. The highest BCUT2D eigenvalue weighted by atomic mass is 16.7. The second-order valence-electron chi connectivity index (χ2n) is 7.77. The molecule has 1 aromatic carbocycles. The zero-order valence-corrected chi connectivity index (χ0v) is 19.0. The number of ketones is 1. The number of aromatic nitrogens is 2. The summed E-state index contributed by atoms with van der Waals surface area (Å²) in [4.78, 5) is 40.2. The number of aromatic amines is 1. The van der Waals surface area contributed by atoms with Gasteiger partial charge in [-0.25, -0.2) is 9.59 Å². The van der Waals surface area contributed by atoms with Crippen LogP contribution in [0.2, 0.25) is 0 Å². The number of fused-ring (bicyclic) bond motifs is 1. The number of carbonyl (C=O) groups excluding carboxylic acids is 3. The van der Waals surface area contributed by atoms with Gasteiger partial charge in [0.1, 0.15) is 5.69 Å². The second kappa shape index (κ2) is 8.50. The van der Waals surface area contributed by atoms with Crippen molar-refractivity contribution in [2.24, 2.45) is 0 Å². The highest BCUT2D eigenvalue weighted by Gasteiger charge is 2.25. The third-order valence-corrected chi connectivity index (χ3v) is 5.71. The number of benzene rings is 1. The quantitative estimate of drug-likeness (QED) is 0.450. The highest BCUT2D eigenvalue weighted by Crippen LogP contribution is 2.35. The maximum atomic E-state index is 12.9. The van der Waals surface area contributed by atoms with E-state index in [0.29, 0.717) is 34.0 Å². The van der Waals surface area contributed by atoms with Crippen LogP contribution in [0.25, 0.3) is 5.69 Å². The van der Waals surface area contributed by atoms with Gasteiger partial charge in [-0.15, -0.1) is 0 Å². The smallest absolute Gasteiger partial charge is 0.355 e. The molecule has 2 aromatic heterocycles. The number of H-pyrrole nitrogens is 1. The lowest BCUT2D eigenvalue weighted by atomic mass is 10.1. The minimum atomic E-state index is -0.719. The van der Waals surface area contributed by atoms with Crippen molar-refractivity contribution < 1.29 is 33.3 Å². The fraction of sp³-hybridized carbons (Fsp3) is 0.292. The normalized spacial score (nSPS) is 12.0. The van der Waals surface area contributed by atoms with E-state index in [-0.39, 0.29) is 23.8 Å². The molecule has 1 N–H and O–H groups in total. The minimum Gasteiger partial charge on any atom is -0.465 e. The topological polar surface area (TPSA) is 109 Å². The molecule has 0 bridgehead atoms. The Balaban J connectivity index is 1.52. The van der Waals surface area contributed by atoms with E-state index >= 15 is 0 Å². The van der Waals surface area contributed by atoms with Crippen molar-refractivity contribution in [3.05, 3.63) is 63.7 Å². The van der Waals surface area contributed by atoms with Crippen LogP contribution in [-0.2, 0) is 9.47 Å². The van der Waals surface area contributed by atoms with E-state index in [1.165, 1.54) is 7.11 Å². The van der Waals surface area contributed by atoms with Gasteiger partial charge in [-0.3, -0.25) is 4.79 Å². The summed E-state index contributed by atoms with van der Waals surface area (Å²) in [5.74, 6) is -0.284. The Morgan fingerprint density at radius 3 is 2.48 bits per heavy atom. The van der Waals surface area contributed by atoms with Crippen LogP contribution >= 0.6 is 0 Å². The Morgan fingerprint density at radius 1 is 1.03 bits per heavy atom. The van der Waals surface area contributed by atoms with E-state index in [1.807, 2.05) is 36.6 Å². The Morgan fingerprint density at radius 2 is 1.76 bits per heavy atom. The molecule has 0 atom stereocenters. The fourth-order valence-electron chi connectivity index (χ4n) is 4.11. The first-order valence-electron chi connectivity index (χ1n) is 10.3. The lowest BCUT2D eigenvalue weighted by molar-refractivity contribution is 0.0468. The number of esters is 2. The maximum Gasteiger partial charge on any atom is 0.355 e. The van der Waals surface area contributed by atoms with Crippen molar-refractivity contribution in [3.63, 3.8) is 0 Å². The number of carbonyl (C=O) groups is 3. The molecule has 0 spiro atoms. The monoisotopic (exact) mass is 452 g/mol. The Labute approximate surface area is 190 Å². The molecule has 4 rings (SSSR count). The molecule has 172 valence electrons. The third kappa shape index (κ3) is 3.86. The first-order chi connectivity index (χ1) is 15.7. The first-order valence-corrected chi connectivity index (χ1v) is 10.3. The molecule has 0 fully saturated rings. The van der Waals surface area contributed by atoms with Crippen LogP contribution in [0.5, 0.6) is 11.5 Å². The van der Waals surface area contributed by atoms with Crippen molar-refractivity contribution in [3.8, 4) is 17.2 Å². The van der Waals surface area contributed by atoms with E-state index in [0.717, 1.165) is 11.4 Å². The number of ether oxygens (including phenoxy) is 4. The number of nitrogens with one attached hydrogen (secondary N) is 1. The molecule has 0 aliphatic carbocycles. The summed E-state index contributed by atoms with van der Waals surface area (Å²) in [6.07, 6.45) is 0. The molecule has 0 unspecified atom stereocenters. The van der Waals surface area contributed by atoms with Gasteiger partial charge in [0.15, 0.2) is 18.1 Å². The van der Waals surface area contributed by atoms with E-state index in [9.17, 15) is 14.4 Å². The zero-order valence-electron chi connectivity index (χ0n) is 19.0. The predicted octanol–water partition coefficient (Wildman–Crippen LogP) is 3.59. The van der Waals surface area contributed by atoms with Crippen molar-refractivity contribution in [1.82, 2.24) is 9.55 Å². The number of rotatable bonds is 6. The fourth-order valence-corrected chi connectivity index (χ4v) is 4.11. The van der Waals surface area contributed by atoms with E-state index in [4.69, 9.17) is 18.9 Å². The van der Waals surface area contributed by atoms with E-state index in [2.05, 4.69) is 4.98 Å². The highest BCUT2D eigenvalue weighted by molar-refractivity contribution is 6.02. The molecule has 0 amide bonds. The van der Waals surface area contributed by atoms with Crippen LogP contribution in [0.15, 0.2) is 24.3 Å². The minimum absolute atomic E-state index is 0.117. The summed E-state index contributed by atoms with van der Waals surface area (Å²) in [5.41, 5.74) is 4.15. The van der Waals surface area contributed by atoms with Crippen molar-refractivity contribution in [2.45, 2.75) is 27.7 Å². The van der Waals surface area contributed by atoms with Gasteiger partial charge >= 0.3 is 11.9 Å². The van der Waals surface area contributed by atoms with Crippen LogP contribution in [0.1, 0.15) is 53.8 Å². The average Bonchev–Trinajstić information content (AvgIpc) is 3.46. The Bertz CT molecular complexity index is 1280. The van der Waals surface area contributed by atoms with Gasteiger partial charge in [-0.2, -0.15) is 0 Å². The Hall–Kier alpha value is -4.01. The summed E-state index contributed by atoms with van der Waals surface area (Å²) in [6.45, 7) is 6.74. The molecule has 9 heteroatoms. The van der Waals surface area contributed by atoms with Gasteiger partial charge in [0.2, 0.25) is 12.6 Å².